The second-order valence-corrected chi connectivity index (χ2v) is 14.9. The predicted octanol–water partition coefficient (Wildman–Crippen LogP) is 10.2. The number of H-pyrrole nitrogens is 1. The first-order valence-electron chi connectivity index (χ1n) is 17.9. The molecule has 48 heavy (non-hydrogen) atoms. The van der Waals surface area contributed by atoms with E-state index < -0.39 is 0 Å². The monoisotopic (exact) mass is 639 g/mol. The number of ether oxygens (including phenoxy) is 1. The smallest absolute Gasteiger partial charge is 0.325 e. The SMILES string of the molecule is CCOC(=O)CNc1cccc(-c2nc3c(C[C@@]4(C)CCC[C@]5(C)c6ccc(C(C)C)cc6CC[C@@H]45)c(-c4ccccc4)ccc3[nH]2)c1. The van der Waals surface area contributed by atoms with Crippen LogP contribution in [-0.2, 0) is 27.8 Å². The fraction of sp³-hybridized carbons (Fsp3) is 0.395. The summed E-state index contributed by atoms with van der Waals surface area (Å²) >= 11 is 0. The minimum atomic E-state index is -0.265. The number of hydrogen-bond acceptors (Lipinski definition) is 4. The molecule has 1 saturated carbocycles. The summed E-state index contributed by atoms with van der Waals surface area (Å²) in [7, 11) is 0. The Bertz CT molecular complexity index is 1940. The molecule has 5 aromatic rings. The Kier molecular flexibility index (Phi) is 8.66. The van der Waals surface area contributed by atoms with Crippen LogP contribution < -0.4 is 5.32 Å². The summed E-state index contributed by atoms with van der Waals surface area (Å²) in [6.07, 6.45) is 7.10. The van der Waals surface area contributed by atoms with Gasteiger partial charge in [-0.1, -0.05) is 101 Å². The van der Waals surface area contributed by atoms with E-state index in [9.17, 15) is 4.79 Å². The number of aromatic amines is 1. The Labute approximate surface area is 285 Å². The minimum absolute atomic E-state index is 0.129. The number of carbonyl (C=O) groups excluding carboxylic acids is 1. The van der Waals surface area contributed by atoms with Gasteiger partial charge >= 0.3 is 5.97 Å². The molecule has 1 aromatic heterocycles. The highest BCUT2D eigenvalue weighted by Crippen LogP contribution is 2.59. The number of rotatable bonds is 9. The van der Waals surface area contributed by atoms with Crippen LogP contribution in [0.5, 0.6) is 0 Å². The van der Waals surface area contributed by atoms with Gasteiger partial charge in [-0.25, -0.2) is 4.98 Å². The summed E-state index contributed by atoms with van der Waals surface area (Å²) in [5.74, 6) is 1.72. The molecule has 5 nitrogen and oxygen atoms in total. The molecule has 0 unspecified atom stereocenters. The van der Waals surface area contributed by atoms with Crippen LogP contribution in [0.4, 0.5) is 5.69 Å². The van der Waals surface area contributed by atoms with Crippen LogP contribution >= 0.6 is 0 Å². The third-order valence-corrected chi connectivity index (χ3v) is 11.5. The molecule has 0 saturated heterocycles. The fourth-order valence-corrected chi connectivity index (χ4v) is 9.12. The molecule has 7 rings (SSSR count). The fourth-order valence-electron chi connectivity index (χ4n) is 9.12. The van der Waals surface area contributed by atoms with Crippen molar-refractivity contribution in [3.8, 4) is 22.5 Å². The van der Waals surface area contributed by atoms with Crippen molar-refractivity contribution in [2.75, 3.05) is 18.5 Å². The highest BCUT2D eigenvalue weighted by Gasteiger charge is 2.51. The highest BCUT2D eigenvalue weighted by molar-refractivity contribution is 5.89. The van der Waals surface area contributed by atoms with Gasteiger partial charge in [-0.05, 0) is 113 Å². The van der Waals surface area contributed by atoms with Crippen molar-refractivity contribution in [2.24, 2.45) is 11.3 Å². The zero-order chi connectivity index (χ0) is 33.5. The topological polar surface area (TPSA) is 67.0 Å². The van der Waals surface area contributed by atoms with Gasteiger partial charge in [0, 0.05) is 11.3 Å². The van der Waals surface area contributed by atoms with Crippen molar-refractivity contribution < 1.29 is 9.53 Å². The largest absolute Gasteiger partial charge is 0.465 e. The Balaban J connectivity index is 1.28. The van der Waals surface area contributed by atoms with Crippen LogP contribution in [0, 0.1) is 11.3 Å². The van der Waals surface area contributed by atoms with Crippen LogP contribution in [-0.4, -0.2) is 29.1 Å². The minimum Gasteiger partial charge on any atom is -0.465 e. The first-order valence-corrected chi connectivity index (χ1v) is 17.9. The lowest BCUT2D eigenvalue weighted by molar-refractivity contribution is -0.140. The molecular weight excluding hydrogens is 590 g/mol. The molecule has 0 aliphatic heterocycles. The van der Waals surface area contributed by atoms with Gasteiger partial charge in [-0.3, -0.25) is 4.79 Å². The number of nitrogens with one attached hydrogen (secondary N) is 2. The number of hydrogen-bond donors (Lipinski definition) is 2. The van der Waals surface area contributed by atoms with Crippen molar-refractivity contribution in [1.29, 1.82) is 0 Å². The summed E-state index contributed by atoms with van der Waals surface area (Å²) in [6, 6.07) is 30.8. The molecular formula is C43H49N3O2. The average molecular weight is 640 g/mol. The number of anilines is 1. The van der Waals surface area contributed by atoms with Crippen molar-refractivity contribution in [2.45, 2.75) is 84.5 Å². The number of aromatic nitrogens is 2. The van der Waals surface area contributed by atoms with Gasteiger partial charge in [0.1, 0.15) is 12.4 Å². The normalized spacial score (nSPS) is 21.9. The van der Waals surface area contributed by atoms with E-state index in [4.69, 9.17) is 9.72 Å². The van der Waals surface area contributed by atoms with E-state index in [0.717, 1.165) is 41.0 Å². The maximum atomic E-state index is 12.0. The van der Waals surface area contributed by atoms with E-state index in [1.807, 2.05) is 25.1 Å². The third-order valence-electron chi connectivity index (χ3n) is 11.5. The molecule has 0 spiro atoms. The molecule has 2 aliphatic rings. The van der Waals surface area contributed by atoms with Gasteiger partial charge in [-0.15, -0.1) is 0 Å². The molecule has 1 fully saturated rings. The maximum Gasteiger partial charge on any atom is 0.325 e. The zero-order valence-corrected chi connectivity index (χ0v) is 29.2. The van der Waals surface area contributed by atoms with E-state index >= 15 is 0 Å². The van der Waals surface area contributed by atoms with Gasteiger partial charge in [0.2, 0.25) is 0 Å². The number of fused-ring (bicyclic) bond motifs is 4. The first-order chi connectivity index (χ1) is 23.2. The molecule has 5 heteroatoms. The van der Waals surface area contributed by atoms with E-state index in [-0.39, 0.29) is 23.3 Å². The Morgan fingerprint density at radius 2 is 1.79 bits per heavy atom. The van der Waals surface area contributed by atoms with Gasteiger partial charge in [0.15, 0.2) is 0 Å². The Morgan fingerprint density at radius 1 is 0.979 bits per heavy atom. The highest BCUT2D eigenvalue weighted by atomic mass is 16.5. The molecule has 1 heterocycles. The van der Waals surface area contributed by atoms with E-state index in [1.165, 1.54) is 47.9 Å². The summed E-state index contributed by atoms with van der Waals surface area (Å²) in [6.45, 7) is 12.1. The molecule has 0 radical (unpaired) electrons. The second kappa shape index (κ2) is 12.9. The van der Waals surface area contributed by atoms with Crippen LogP contribution in [0.15, 0.2) is 84.9 Å². The van der Waals surface area contributed by atoms with Crippen molar-refractivity contribution in [1.82, 2.24) is 9.97 Å². The first kappa shape index (κ1) is 32.2. The number of nitrogens with zero attached hydrogens (tertiary/aromatic N) is 1. The van der Waals surface area contributed by atoms with Gasteiger partial charge in [0.25, 0.3) is 0 Å². The van der Waals surface area contributed by atoms with Gasteiger partial charge in [0.05, 0.1) is 17.6 Å². The maximum absolute atomic E-state index is 12.0. The summed E-state index contributed by atoms with van der Waals surface area (Å²) in [5.41, 5.74) is 12.7. The Morgan fingerprint density at radius 3 is 2.58 bits per heavy atom. The molecule has 4 aromatic carbocycles. The number of aryl methyl sites for hydroxylation is 1. The standard InChI is InChI=1S/C43H49N3O2/c1-6-48-39(47)27-44-33-15-10-14-32(25-33)41-45-37-20-18-34(29-12-8-7-9-13-29)35(40(37)46-41)26-42(4)22-11-23-43(5)36-19-16-30(28(2)3)24-31(36)17-21-38(42)43/h7-10,12-16,18-20,24-25,28,38,44H,6,11,17,21-23,26-27H2,1-5H3,(H,45,46)/t38-,42+,43+/m0/s1. The Hall–Kier alpha value is -4.38. The lowest BCUT2D eigenvalue weighted by Gasteiger charge is -2.56. The molecule has 0 amide bonds. The second-order valence-electron chi connectivity index (χ2n) is 14.9. The lowest BCUT2D eigenvalue weighted by Crippen LogP contribution is -2.50. The van der Waals surface area contributed by atoms with Gasteiger partial charge in [-0.2, -0.15) is 0 Å². The van der Waals surface area contributed by atoms with Crippen LogP contribution in [0.2, 0.25) is 0 Å². The van der Waals surface area contributed by atoms with E-state index in [1.54, 1.807) is 11.1 Å². The van der Waals surface area contributed by atoms with Crippen LogP contribution in [0.25, 0.3) is 33.5 Å². The van der Waals surface area contributed by atoms with Crippen molar-refractivity contribution >= 4 is 22.7 Å². The quantitative estimate of drug-likeness (QED) is 0.158. The summed E-state index contributed by atoms with van der Waals surface area (Å²) in [4.78, 5) is 21.0. The lowest BCUT2D eigenvalue weighted by atomic mass is 9.48. The van der Waals surface area contributed by atoms with E-state index in [2.05, 4.69) is 105 Å². The van der Waals surface area contributed by atoms with E-state index in [0.29, 0.717) is 18.4 Å². The molecule has 2 N–H and O–H groups in total. The third kappa shape index (κ3) is 5.93. The molecule has 3 atom stereocenters. The molecule has 2 aliphatic carbocycles. The summed E-state index contributed by atoms with van der Waals surface area (Å²) < 4.78 is 5.10. The average Bonchev–Trinajstić information content (AvgIpc) is 3.53. The van der Waals surface area contributed by atoms with Crippen LogP contribution in [0.3, 0.4) is 0 Å². The zero-order valence-electron chi connectivity index (χ0n) is 29.2. The summed E-state index contributed by atoms with van der Waals surface area (Å²) in [5, 5.41) is 3.20. The van der Waals surface area contributed by atoms with Crippen molar-refractivity contribution in [3.63, 3.8) is 0 Å². The molecule has 0 bridgehead atoms. The number of imidazole rings is 1. The predicted molar refractivity (Wildman–Crippen MR) is 197 cm³/mol. The number of carbonyl (C=O) groups is 1. The molecule has 248 valence electrons. The van der Waals surface area contributed by atoms with Crippen LogP contribution in [0.1, 0.15) is 88.5 Å². The number of esters is 1. The number of benzene rings is 4. The van der Waals surface area contributed by atoms with Gasteiger partial charge < -0.3 is 15.0 Å². The van der Waals surface area contributed by atoms with Crippen molar-refractivity contribution in [3.05, 3.63) is 107 Å².